The van der Waals surface area contributed by atoms with Gasteiger partial charge in [-0.1, -0.05) is 0 Å². The summed E-state index contributed by atoms with van der Waals surface area (Å²) < 4.78 is 30.3. The molecule has 0 aromatic carbocycles. The van der Waals surface area contributed by atoms with Gasteiger partial charge in [-0.3, -0.25) is 0 Å². The van der Waals surface area contributed by atoms with Crippen molar-refractivity contribution < 1.29 is 13.2 Å². The Bertz CT molecular complexity index is 369. The molecule has 0 amide bonds. The molecule has 0 saturated carbocycles. The predicted molar refractivity (Wildman–Crippen MR) is 55.6 cm³/mol. The molecule has 15 heavy (non-hydrogen) atoms. The van der Waals surface area contributed by atoms with Crippen molar-refractivity contribution in [3.8, 4) is 6.07 Å². The van der Waals surface area contributed by atoms with Gasteiger partial charge in [0.25, 0.3) is 0 Å². The molecule has 0 aromatic rings. The summed E-state index contributed by atoms with van der Waals surface area (Å²) >= 11 is 0. The van der Waals surface area contributed by atoms with Crippen molar-refractivity contribution in [3.63, 3.8) is 0 Å². The van der Waals surface area contributed by atoms with Gasteiger partial charge in [-0.05, 0) is 20.8 Å². The van der Waals surface area contributed by atoms with E-state index >= 15 is 0 Å². The molecule has 0 N–H and O–H groups in total. The fraction of sp³-hybridized carbons (Fsp3) is 0.889. The van der Waals surface area contributed by atoms with E-state index in [9.17, 15) is 8.42 Å². The first-order valence-electron chi connectivity index (χ1n) is 4.79. The van der Waals surface area contributed by atoms with Gasteiger partial charge in [0.15, 0.2) is 5.75 Å². The highest BCUT2D eigenvalue weighted by molar-refractivity contribution is 7.89. The first-order chi connectivity index (χ1) is 6.77. The van der Waals surface area contributed by atoms with Gasteiger partial charge in [0.2, 0.25) is 10.0 Å². The van der Waals surface area contributed by atoms with Gasteiger partial charge in [0, 0.05) is 13.1 Å². The summed E-state index contributed by atoms with van der Waals surface area (Å²) in [5, 5.41) is 8.44. The molecule has 1 unspecified atom stereocenters. The molecule has 0 aliphatic carbocycles. The molecule has 1 fully saturated rings. The lowest BCUT2D eigenvalue weighted by Gasteiger charge is -2.40. The van der Waals surface area contributed by atoms with Gasteiger partial charge in [-0.15, -0.1) is 0 Å². The summed E-state index contributed by atoms with van der Waals surface area (Å²) in [6.07, 6.45) is -0.137. The van der Waals surface area contributed by atoms with Crippen molar-refractivity contribution in [2.24, 2.45) is 0 Å². The maximum Gasteiger partial charge on any atom is 0.227 e. The number of hydrogen-bond donors (Lipinski definition) is 0. The van der Waals surface area contributed by atoms with Gasteiger partial charge in [0.05, 0.1) is 17.8 Å². The fourth-order valence-electron chi connectivity index (χ4n) is 1.78. The van der Waals surface area contributed by atoms with Crippen LogP contribution in [0.5, 0.6) is 0 Å². The quantitative estimate of drug-likeness (QED) is 0.688. The number of ether oxygens (including phenoxy) is 1. The predicted octanol–water partition coefficient (Wildman–Crippen LogP) is 0.339. The van der Waals surface area contributed by atoms with E-state index in [0.717, 1.165) is 0 Å². The average Bonchev–Trinajstić information content (AvgIpc) is 1.99. The van der Waals surface area contributed by atoms with Crippen LogP contribution in [-0.4, -0.2) is 43.3 Å². The van der Waals surface area contributed by atoms with Crippen LogP contribution in [0.25, 0.3) is 0 Å². The van der Waals surface area contributed by atoms with E-state index in [2.05, 4.69) is 0 Å². The molecule has 1 atom stereocenters. The van der Waals surface area contributed by atoms with E-state index in [4.69, 9.17) is 10.00 Å². The molecule has 6 heteroatoms. The van der Waals surface area contributed by atoms with Crippen molar-refractivity contribution in [1.82, 2.24) is 4.31 Å². The van der Waals surface area contributed by atoms with Crippen molar-refractivity contribution in [1.29, 1.82) is 5.26 Å². The molecule has 1 heterocycles. The molecule has 0 spiro atoms. The molecule has 1 rings (SSSR count). The minimum Gasteiger partial charge on any atom is -0.370 e. The highest BCUT2D eigenvalue weighted by Gasteiger charge is 2.36. The van der Waals surface area contributed by atoms with Crippen LogP contribution < -0.4 is 0 Å². The normalized spacial score (nSPS) is 27.2. The molecule has 86 valence electrons. The monoisotopic (exact) mass is 232 g/mol. The fourth-order valence-corrected chi connectivity index (χ4v) is 3.07. The zero-order valence-corrected chi connectivity index (χ0v) is 10.0. The lowest BCUT2D eigenvalue weighted by Crippen LogP contribution is -2.54. The second kappa shape index (κ2) is 4.08. The summed E-state index contributed by atoms with van der Waals surface area (Å²) in [7, 11) is -3.45. The molecular weight excluding hydrogens is 216 g/mol. The van der Waals surface area contributed by atoms with E-state index in [1.165, 1.54) is 4.31 Å². The summed E-state index contributed by atoms with van der Waals surface area (Å²) in [6.45, 7) is 6.15. The second-order valence-corrected chi connectivity index (χ2v) is 6.36. The smallest absolute Gasteiger partial charge is 0.227 e. The third kappa shape index (κ3) is 3.16. The van der Waals surface area contributed by atoms with Gasteiger partial charge in [0.1, 0.15) is 0 Å². The van der Waals surface area contributed by atoms with Gasteiger partial charge < -0.3 is 4.74 Å². The maximum absolute atomic E-state index is 11.7. The summed E-state index contributed by atoms with van der Waals surface area (Å²) in [6, 6.07) is 1.68. The molecule has 1 aliphatic heterocycles. The molecule has 0 radical (unpaired) electrons. The van der Waals surface area contributed by atoms with E-state index in [1.54, 1.807) is 6.07 Å². The Morgan fingerprint density at radius 1 is 1.60 bits per heavy atom. The Labute approximate surface area is 90.7 Å². The van der Waals surface area contributed by atoms with Gasteiger partial charge in [-0.2, -0.15) is 9.57 Å². The highest BCUT2D eigenvalue weighted by atomic mass is 32.2. The topological polar surface area (TPSA) is 70.4 Å². The number of sulfonamides is 1. The lowest BCUT2D eigenvalue weighted by atomic mass is 10.1. The Hall–Kier alpha value is -0.640. The van der Waals surface area contributed by atoms with Crippen LogP contribution in [-0.2, 0) is 14.8 Å². The van der Waals surface area contributed by atoms with E-state index in [0.29, 0.717) is 13.1 Å². The zero-order chi connectivity index (χ0) is 11.7. The standard InChI is InChI=1S/C9H16N2O3S/c1-8-6-11(7-9(2,3)14-8)15(12,13)5-4-10/h8H,5-7H2,1-3H3. The molecule has 0 aromatic heterocycles. The Morgan fingerprint density at radius 2 is 2.20 bits per heavy atom. The van der Waals surface area contributed by atoms with Crippen molar-refractivity contribution in [2.75, 3.05) is 18.8 Å². The largest absolute Gasteiger partial charge is 0.370 e. The van der Waals surface area contributed by atoms with Crippen LogP contribution in [0.1, 0.15) is 20.8 Å². The Balaban J connectivity index is 2.84. The average molecular weight is 232 g/mol. The summed E-state index contributed by atoms with van der Waals surface area (Å²) in [4.78, 5) is 0. The SMILES string of the molecule is CC1CN(S(=O)(=O)CC#N)CC(C)(C)O1. The summed E-state index contributed by atoms with van der Waals surface area (Å²) in [5.41, 5.74) is -0.486. The zero-order valence-electron chi connectivity index (χ0n) is 9.23. The maximum atomic E-state index is 11.7. The van der Waals surface area contributed by atoms with E-state index in [1.807, 2.05) is 20.8 Å². The van der Waals surface area contributed by atoms with E-state index < -0.39 is 21.4 Å². The Kier molecular flexibility index (Phi) is 3.38. The van der Waals surface area contributed by atoms with Gasteiger partial charge >= 0.3 is 0 Å². The van der Waals surface area contributed by atoms with Crippen LogP contribution in [0.3, 0.4) is 0 Å². The van der Waals surface area contributed by atoms with Crippen LogP contribution in [0, 0.1) is 11.3 Å². The van der Waals surface area contributed by atoms with Gasteiger partial charge in [-0.25, -0.2) is 8.42 Å². The highest BCUT2D eigenvalue weighted by Crippen LogP contribution is 2.22. The number of morpholine rings is 1. The number of nitrogens with zero attached hydrogens (tertiary/aromatic N) is 2. The van der Waals surface area contributed by atoms with E-state index in [-0.39, 0.29) is 6.10 Å². The number of rotatable bonds is 2. The second-order valence-electron chi connectivity index (χ2n) is 4.40. The minimum absolute atomic E-state index is 0.137. The van der Waals surface area contributed by atoms with Crippen LogP contribution in [0.4, 0.5) is 0 Å². The lowest BCUT2D eigenvalue weighted by molar-refractivity contribution is -0.109. The molecule has 1 saturated heterocycles. The molecule has 0 bridgehead atoms. The third-order valence-corrected chi connectivity index (χ3v) is 3.74. The minimum atomic E-state index is -3.45. The van der Waals surface area contributed by atoms with Crippen LogP contribution >= 0.6 is 0 Å². The molecular formula is C9H16N2O3S. The van der Waals surface area contributed by atoms with Crippen LogP contribution in [0.2, 0.25) is 0 Å². The van der Waals surface area contributed by atoms with Crippen molar-refractivity contribution >= 4 is 10.0 Å². The number of hydrogen-bond acceptors (Lipinski definition) is 4. The molecule has 5 nitrogen and oxygen atoms in total. The molecule has 1 aliphatic rings. The third-order valence-electron chi connectivity index (χ3n) is 2.18. The van der Waals surface area contributed by atoms with Crippen molar-refractivity contribution in [3.05, 3.63) is 0 Å². The Morgan fingerprint density at radius 3 is 2.67 bits per heavy atom. The van der Waals surface area contributed by atoms with Crippen LogP contribution in [0.15, 0.2) is 0 Å². The van der Waals surface area contributed by atoms with Crippen molar-refractivity contribution in [2.45, 2.75) is 32.5 Å². The first kappa shape index (κ1) is 12.4. The number of nitriles is 1. The summed E-state index contributed by atoms with van der Waals surface area (Å²) in [5.74, 6) is -0.462. The first-order valence-corrected chi connectivity index (χ1v) is 6.40.